The van der Waals surface area contributed by atoms with Crippen molar-refractivity contribution in [3.05, 3.63) is 59.8 Å². The molecule has 162 valence electrons. The van der Waals surface area contributed by atoms with E-state index in [1.165, 1.54) is 18.0 Å². The fraction of sp³-hybridized carbons (Fsp3) is 0.435. The van der Waals surface area contributed by atoms with Crippen LogP contribution in [0.5, 0.6) is 0 Å². The summed E-state index contributed by atoms with van der Waals surface area (Å²) in [5.41, 5.74) is 2.95. The molecule has 1 aliphatic heterocycles. The van der Waals surface area contributed by atoms with E-state index in [2.05, 4.69) is 57.9 Å². The quantitative estimate of drug-likeness (QED) is 0.595. The highest BCUT2D eigenvalue weighted by Crippen LogP contribution is 2.53. The molecule has 3 heterocycles. The van der Waals surface area contributed by atoms with Crippen LogP contribution in [0.25, 0.3) is 11.3 Å². The van der Waals surface area contributed by atoms with Gasteiger partial charge in [-0.05, 0) is 30.5 Å². The van der Waals surface area contributed by atoms with Crippen molar-refractivity contribution in [1.29, 1.82) is 0 Å². The fourth-order valence-electron chi connectivity index (χ4n) is 4.40. The molecule has 0 N–H and O–H groups in total. The zero-order valence-electron chi connectivity index (χ0n) is 18.0. The summed E-state index contributed by atoms with van der Waals surface area (Å²) in [4.78, 5) is 4.58. The van der Waals surface area contributed by atoms with E-state index < -0.39 is 9.84 Å². The van der Waals surface area contributed by atoms with Gasteiger partial charge in [-0.2, -0.15) is 11.8 Å². The van der Waals surface area contributed by atoms with Crippen LogP contribution in [0, 0.1) is 0 Å². The molecule has 0 atom stereocenters. The largest absolute Gasteiger partial charge is 0.313 e. The first-order valence-electron chi connectivity index (χ1n) is 10.5. The minimum Gasteiger partial charge on any atom is -0.313 e. The molecule has 1 fully saturated rings. The van der Waals surface area contributed by atoms with Crippen LogP contribution in [0.3, 0.4) is 0 Å². The fourth-order valence-corrected chi connectivity index (χ4v) is 6.01. The van der Waals surface area contributed by atoms with E-state index in [1.54, 1.807) is 12.1 Å². The predicted octanol–water partition coefficient (Wildman–Crippen LogP) is 3.89. The highest BCUT2D eigenvalue weighted by atomic mass is 32.2. The molecule has 6 nitrogen and oxygen atoms in total. The summed E-state index contributed by atoms with van der Waals surface area (Å²) in [6.45, 7) is 5.52. The van der Waals surface area contributed by atoms with Crippen LogP contribution in [0.15, 0.2) is 47.5 Å². The van der Waals surface area contributed by atoms with Crippen molar-refractivity contribution in [1.82, 2.24) is 19.7 Å². The van der Waals surface area contributed by atoms with Gasteiger partial charge in [-0.15, -0.1) is 10.2 Å². The van der Waals surface area contributed by atoms with Gasteiger partial charge in [0.15, 0.2) is 9.84 Å². The highest BCUT2D eigenvalue weighted by molar-refractivity contribution is 8.00. The molecule has 1 saturated carbocycles. The lowest BCUT2D eigenvalue weighted by atomic mass is 9.93. The summed E-state index contributed by atoms with van der Waals surface area (Å²) in [7, 11) is -3.24. The number of hydrogen-bond acceptors (Lipinski definition) is 6. The van der Waals surface area contributed by atoms with Crippen molar-refractivity contribution in [2.24, 2.45) is 0 Å². The zero-order chi connectivity index (χ0) is 21.9. The van der Waals surface area contributed by atoms with Gasteiger partial charge in [0.1, 0.15) is 11.6 Å². The summed E-state index contributed by atoms with van der Waals surface area (Å²) in [5, 5.41) is 9.24. The maximum absolute atomic E-state index is 11.7. The van der Waals surface area contributed by atoms with Crippen LogP contribution in [0.4, 0.5) is 0 Å². The van der Waals surface area contributed by atoms with E-state index in [0.717, 1.165) is 54.5 Å². The minimum atomic E-state index is -3.24. The van der Waals surface area contributed by atoms with Crippen molar-refractivity contribution in [3.8, 4) is 11.3 Å². The first-order chi connectivity index (χ1) is 14.7. The van der Waals surface area contributed by atoms with E-state index in [4.69, 9.17) is 0 Å². The molecular weight excluding hydrogens is 428 g/mol. The smallest absolute Gasteiger partial charge is 0.177 e. The van der Waals surface area contributed by atoms with E-state index in [9.17, 15) is 8.42 Å². The van der Waals surface area contributed by atoms with Gasteiger partial charge in [0.25, 0.3) is 0 Å². The molecule has 31 heavy (non-hydrogen) atoms. The van der Waals surface area contributed by atoms with Crippen LogP contribution < -0.4 is 0 Å². The van der Waals surface area contributed by atoms with Gasteiger partial charge in [-0.1, -0.05) is 38.1 Å². The Labute approximate surface area is 187 Å². The normalized spacial score (nSPS) is 19.5. The number of pyridine rings is 1. The first-order valence-corrected chi connectivity index (χ1v) is 13.4. The molecule has 0 unspecified atom stereocenters. The molecule has 5 rings (SSSR count). The van der Waals surface area contributed by atoms with E-state index >= 15 is 0 Å². The Kier molecular flexibility index (Phi) is 4.79. The van der Waals surface area contributed by atoms with Crippen molar-refractivity contribution >= 4 is 21.6 Å². The van der Waals surface area contributed by atoms with Gasteiger partial charge in [-0.25, -0.2) is 8.42 Å². The van der Waals surface area contributed by atoms with E-state index in [-0.39, 0.29) is 15.1 Å². The van der Waals surface area contributed by atoms with Crippen LogP contribution in [0.2, 0.25) is 0 Å². The van der Waals surface area contributed by atoms with E-state index in [0.29, 0.717) is 0 Å². The summed E-state index contributed by atoms with van der Waals surface area (Å²) >= 11 is 2.01. The third-order valence-corrected chi connectivity index (χ3v) is 8.71. The molecule has 0 spiro atoms. The summed E-state index contributed by atoms with van der Waals surface area (Å²) in [5.74, 6) is 3.28. The van der Waals surface area contributed by atoms with Crippen molar-refractivity contribution in [3.63, 3.8) is 0 Å². The number of sulfone groups is 1. The Hall–Kier alpha value is -2.19. The van der Waals surface area contributed by atoms with Gasteiger partial charge in [-0.3, -0.25) is 4.98 Å². The molecule has 2 aromatic heterocycles. The van der Waals surface area contributed by atoms with Gasteiger partial charge in [0.05, 0.1) is 16.0 Å². The Morgan fingerprint density at radius 3 is 2.39 bits per heavy atom. The number of hydrogen-bond donors (Lipinski definition) is 0. The lowest BCUT2D eigenvalue weighted by molar-refractivity contribution is 0.601. The number of nitrogens with zero attached hydrogens (tertiary/aromatic N) is 4. The Bertz CT molecular complexity index is 1230. The monoisotopic (exact) mass is 454 g/mol. The second-order valence-corrected chi connectivity index (χ2v) is 13.0. The van der Waals surface area contributed by atoms with Crippen molar-refractivity contribution in [2.45, 2.75) is 54.7 Å². The third kappa shape index (κ3) is 3.80. The highest BCUT2D eigenvalue weighted by Gasteiger charge is 2.50. The molecule has 8 heteroatoms. The summed E-state index contributed by atoms with van der Waals surface area (Å²) in [6, 6.07) is 11.8. The summed E-state index contributed by atoms with van der Waals surface area (Å²) < 4.78 is 25.9. The van der Waals surface area contributed by atoms with Crippen molar-refractivity contribution < 1.29 is 8.42 Å². The van der Waals surface area contributed by atoms with Crippen LogP contribution in [-0.2, 0) is 28.2 Å². The molecule has 3 aromatic rings. The molecule has 0 amide bonds. The number of fused-ring (bicyclic) bond motifs is 1. The Morgan fingerprint density at radius 2 is 1.77 bits per heavy atom. The first kappa shape index (κ1) is 20.7. The molecule has 2 aliphatic rings. The standard InChI is InChI=1S/C23H26N4O2S2/c1-22(2)14-20-25-26-21(27(20)12-13-30-22)23(10-11-23)17-6-4-16(5-7-17)19-9-8-18(15-24-19)31(3,28)29/h4-9,15H,10-14H2,1-3H3. The molecule has 1 aromatic carbocycles. The average Bonchev–Trinajstić information content (AvgIpc) is 3.47. The van der Waals surface area contributed by atoms with E-state index in [1.807, 2.05) is 11.8 Å². The molecule has 1 aliphatic carbocycles. The number of benzene rings is 1. The van der Waals surface area contributed by atoms with Crippen LogP contribution >= 0.6 is 11.8 Å². The molecular formula is C23H26N4O2S2. The second-order valence-electron chi connectivity index (χ2n) is 9.19. The minimum absolute atomic E-state index is 0.0451. The summed E-state index contributed by atoms with van der Waals surface area (Å²) in [6.07, 6.45) is 5.73. The lowest BCUT2D eigenvalue weighted by Crippen LogP contribution is -2.19. The maximum atomic E-state index is 11.7. The topological polar surface area (TPSA) is 77.7 Å². The van der Waals surface area contributed by atoms with Crippen LogP contribution in [-0.4, -0.2) is 44.9 Å². The maximum Gasteiger partial charge on any atom is 0.177 e. The van der Waals surface area contributed by atoms with Gasteiger partial charge >= 0.3 is 0 Å². The van der Waals surface area contributed by atoms with Crippen LogP contribution in [0.1, 0.15) is 43.9 Å². The SMILES string of the molecule is CC1(C)Cc2nnc(C3(c4ccc(-c5ccc(S(C)(=O)=O)cn5)cc4)CC3)n2CCS1. The predicted molar refractivity (Wildman–Crippen MR) is 123 cm³/mol. The second kappa shape index (κ2) is 7.17. The Morgan fingerprint density at radius 1 is 1.03 bits per heavy atom. The van der Waals surface area contributed by atoms with Gasteiger partial charge in [0.2, 0.25) is 0 Å². The number of thioether (sulfide) groups is 1. The molecule has 0 bridgehead atoms. The molecule has 0 radical (unpaired) electrons. The Balaban J connectivity index is 1.44. The average molecular weight is 455 g/mol. The third-order valence-electron chi connectivity index (χ3n) is 6.29. The number of aromatic nitrogens is 4. The molecule has 0 saturated heterocycles. The number of rotatable bonds is 4. The van der Waals surface area contributed by atoms with Gasteiger partial charge in [0, 0.05) is 41.5 Å². The zero-order valence-corrected chi connectivity index (χ0v) is 19.6. The van der Waals surface area contributed by atoms with Gasteiger partial charge < -0.3 is 4.57 Å². The lowest BCUT2D eigenvalue weighted by Gasteiger charge is -2.19. The van der Waals surface area contributed by atoms with Crippen molar-refractivity contribution in [2.75, 3.05) is 12.0 Å².